The number of anilines is 1. The molecule has 0 aromatic heterocycles. The van der Waals surface area contributed by atoms with Gasteiger partial charge in [0, 0.05) is 28.7 Å². The Bertz CT molecular complexity index is 410. The Morgan fingerprint density at radius 3 is 2.69 bits per heavy atom. The highest BCUT2D eigenvalue weighted by molar-refractivity contribution is 9.10. The molecular formula is C12H15BrN2O. The molecule has 4 heteroatoms. The van der Waals surface area contributed by atoms with Gasteiger partial charge in [0.05, 0.1) is 11.6 Å². The van der Waals surface area contributed by atoms with Crippen LogP contribution >= 0.6 is 15.9 Å². The highest BCUT2D eigenvalue weighted by Gasteiger charge is 2.15. The highest BCUT2D eigenvalue weighted by atomic mass is 79.9. The van der Waals surface area contributed by atoms with Crippen molar-refractivity contribution in [2.45, 2.75) is 13.8 Å². The first-order valence-electron chi connectivity index (χ1n) is 5.02. The van der Waals surface area contributed by atoms with Crippen LogP contribution in [0.4, 0.5) is 5.69 Å². The van der Waals surface area contributed by atoms with Gasteiger partial charge in [0.15, 0.2) is 0 Å². The van der Waals surface area contributed by atoms with Crippen LogP contribution in [-0.2, 0) is 0 Å². The zero-order valence-corrected chi connectivity index (χ0v) is 11.0. The molecule has 1 aromatic rings. The number of halogens is 1. The van der Waals surface area contributed by atoms with Crippen molar-refractivity contribution in [2.24, 2.45) is 5.41 Å². The van der Waals surface area contributed by atoms with Crippen LogP contribution in [0.3, 0.4) is 0 Å². The van der Waals surface area contributed by atoms with Gasteiger partial charge in [-0.2, -0.15) is 5.26 Å². The summed E-state index contributed by atoms with van der Waals surface area (Å²) in [6, 6.07) is 7.57. The molecule has 0 aliphatic carbocycles. The fourth-order valence-electron chi connectivity index (χ4n) is 1.15. The largest absolute Gasteiger partial charge is 0.396 e. The zero-order valence-electron chi connectivity index (χ0n) is 9.42. The van der Waals surface area contributed by atoms with E-state index in [0.29, 0.717) is 12.1 Å². The van der Waals surface area contributed by atoms with Crippen molar-refractivity contribution in [1.29, 1.82) is 5.26 Å². The molecule has 1 aromatic carbocycles. The van der Waals surface area contributed by atoms with Crippen molar-refractivity contribution in [3.63, 3.8) is 0 Å². The number of nitrogens with one attached hydrogen (secondary N) is 1. The van der Waals surface area contributed by atoms with Gasteiger partial charge in [-0.15, -0.1) is 0 Å². The number of rotatable bonds is 4. The van der Waals surface area contributed by atoms with Gasteiger partial charge < -0.3 is 10.4 Å². The number of nitrogens with zero attached hydrogens (tertiary/aromatic N) is 1. The van der Waals surface area contributed by atoms with Gasteiger partial charge in [-0.3, -0.25) is 0 Å². The second kappa shape index (κ2) is 5.33. The smallest absolute Gasteiger partial charge is 0.0992 e. The summed E-state index contributed by atoms with van der Waals surface area (Å²) in [6.07, 6.45) is 0. The Morgan fingerprint density at radius 1 is 1.44 bits per heavy atom. The third-order valence-electron chi connectivity index (χ3n) is 2.23. The normalized spacial score (nSPS) is 10.9. The van der Waals surface area contributed by atoms with Crippen LogP contribution in [0.15, 0.2) is 22.7 Å². The molecule has 0 saturated heterocycles. The highest BCUT2D eigenvalue weighted by Crippen LogP contribution is 2.21. The van der Waals surface area contributed by atoms with Crippen molar-refractivity contribution < 1.29 is 5.11 Å². The van der Waals surface area contributed by atoms with Gasteiger partial charge in [-0.25, -0.2) is 0 Å². The summed E-state index contributed by atoms with van der Waals surface area (Å²) >= 11 is 3.35. The third kappa shape index (κ3) is 3.84. The van der Waals surface area contributed by atoms with Crippen molar-refractivity contribution in [2.75, 3.05) is 18.5 Å². The van der Waals surface area contributed by atoms with Gasteiger partial charge in [-0.05, 0) is 18.2 Å². The molecule has 3 nitrogen and oxygen atoms in total. The molecule has 0 saturated carbocycles. The Hall–Kier alpha value is -1.05. The molecule has 0 atom stereocenters. The minimum absolute atomic E-state index is 0.124. The average Bonchev–Trinajstić information content (AvgIpc) is 2.26. The summed E-state index contributed by atoms with van der Waals surface area (Å²) in [7, 11) is 0. The third-order valence-corrected chi connectivity index (χ3v) is 2.68. The van der Waals surface area contributed by atoms with Gasteiger partial charge in [0.25, 0.3) is 0 Å². The number of aliphatic hydroxyl groups is 1. The number of nitriles is 1. The van der Waals surface area contributed by atoms with E-state index in [-0.39, 0.29) is 12.0 Å². The van der Waals surface area contributed by atoms with Crippen molar-refractivity contribution in [1.82, 2.24) is 0 Å². The summed E-state index contributed by atoms with van der Waals surface area (Å²) in [5.74, 6) is 0. The topological polar surface area (TPSA) is 56.0 Å². The summed E-state index contributed by atoms with van der Waals surface area (Å²) < 4.78 is 0.871. The average molecular weight is 283 g/mol. The first-order valence-corrected chi connectivity index (χ1v) is 5.81. The molecule has 86 valence electrons. The van der Waals surface area contributed by atoms with E-state index in [2.05, 4.69) is 27.3 Å². The second-order valence-corrected chi connectivity index (χ2v) is 5.43. The van der Waals surface area contributed by atoms with Crippen molar-refractivity contribution in [3.8, 4) is 6.07 Å². The Balaban J connectivity index is 2.75. The summed E-state index contributed by atoms with van der Waals surface area (Å²) in [6.45, 7) is 4.73. The molecule has 0 aliphatic rings. The lowest BCUT2D eigenvalue weighted by molar-refractivity contribution is 0.171. The lowest BCUT2D eigenvalue weighted by Gasteiger charge is -2.22. The molecule has 0 unspecified atom stereocenters. The van der Waals surface area contributed by atoms with Gasteiger partial charge >= 0.3 is 0 Å². The van der Waals surface area contributed by atoms with Crippen molar-refractivity contribution in [3.05, 3.63) is 28.2 Å². The van der Waals surface area contributed by atoms with Crippen LogP contribution < -0.4 is 5.32 Å². The Labute approximate surface area is 104 Å². The van der Waals surface area contributed by atoms with Crippen LogP contribution in [0, 0.1) is 16.7 Å². The Kier molecular flexibility index (Phi) is 4.34. The van der Waals surface area contributed by atoms with Crippen LogP contribution in [0.2, 0.25) is 0 Å². The number of hydrogen-bond acceptors (Lipinski definition) is 3. The van der Waals surface area contributed by atoms with Crippen LogP contribution in [0.1, 0.15) is 19.4 Å². The standard InChI is InChI=1S/C12H15BrN2O/c1-12(2,8-16)7-15-11-4-9(6-14)3-10(13)5-11/h3-5,15-16H,7-8H2,1-2H3. The van der Waals surface area contributed by atoms with E-state index in [1.54, 1.807) is 12.1 Å². The van der Waals surface area contributed by atoms with E-state index >= 15 is 0 Å². The monoisotopic (exact) mass is 282 g/mol. The molecule has 0 amide bonds. The fraction of sp³-hybridized carbons (Fsp3) is 0.417. The van der Waals surface area contributed by atoms with Crippen molar-refractivity contribution >= 4 is 21.6 Å². The van der Waals surface area contributed by atoms with E-state index in [4.69, 9.17) is 10.4 Å². The van der Waals surface area contributed by atoms with E-state index in [0.717, 1.165) is 10.2 Å². The molecule has 2 N–H and O–H groups in total. The van der Waals surface area contributed by atoms with Gasteiger partial charge in [0.2, 0.25) is 0 Å². The fourth-order valence-corrected chi connectivity index (χ4v) is 1.65. The van der Waals surface area contributed by atoms with Gasteiger partial charge in [-0.1, -0.05) is 29.8 Å². The van der Waals surface area contributed by atoms with Crippen LogP contribution in [0.25, 0.3) is 0 Å². The first kappa shape index (κ1) is 13.0. The lowest BCUT2D eigenvalue weighted by atomic mass is 9.95. The maximum Gasteiger partial charge on any atom is 0.0992 e. The predicted molar refractivity (Wildman–Crippen MR) is 68.2 cm³/mol. The summed E-state index contributed by atoms with van der Waals surface area (Å²) in [5, 5.41) is 21.2. The first-order chi connectivity index (χ1) is 7.46. The van der Waals surface area contributed by atoms with Crippen LogP contribution in [0.5, 0.6) is 0 Å². The van der Waals surface area contributed by atoms with E-state index in [1.807, 2.05) is 19.9 Å². The lowest BCUT2D eigenvalue weighted by Crippen LogP contribution is -2.26. The second-order valence-electron chi connectivity index (χ2n) is 4.52. The quantitative estimate of drug-likeness (QED) is 0.893. The molecule has 0 spiro atoms. The van der Waals surface area contributed by atoms with E-state index in [1.165, 1.54) is 0 Å². The molecule has 0 aliphatic heterocycles. The van der Waals surface area contributed by atoms with Gasteiger partial charge in [0.1, 0.15) is 0 Å². The zero-order chi connectivity index (χ0) is 12.2. The minimum atomic E-state index is -0.172. The predicted octanol–water partition coefficient (Wildman–Crippen LogP) is 2.75. The molecule has 16 heavy (non-hydrogen) atoms. The molecule has 1 rings (SSSR count). The SMILES string of the molecule is CC(C)(CO)CNc1cc(Br)cc(C#N)c1. The van der Waals surface area contributed by atoms with E-state index in [9.17, 15) is 0 Å². The molecule has 0 radical (unpaired) electrons. The molecular weight excluding hydrogens is 268 g/mol. The maximum absolute atomic E-state index is 9.13. The minimum Gasteiger partial charge on any atom is -0.396 e. The number of benzene rings is 1. The summed E-state index contributed by atoms with van der Waals surface area (Å²) in [4.78, 5) is 0. The maximum atomic E-state index is 9.13. The number of hydrogen-bond donors (Lipinski definition) is 2. The number of aliphatic hydroxyl groups excluding tert-OH is 1. The summed E-state index contributed by atoms with van der Waals surface area (Å²) in [5.41, 5.74) is 1.32. The molecule has 0 fully saturated rings. The Morgan fingerprint density at radius 2 is 2.12 bits per heavy atom. The van der Waals surface area contributed by atoms with Crippen LogP contribution in [-0.4, -0.2) is 18.3 Å². The molecule has 0 bridgehead atoms. The molecule has 0 heterocycles. The van der Waals surface area contributed by atoms with E-state index < -0.39 is 0 Å².